The van der Waals surface area contributed by atoms with Gasteiger partial charge in [-0.3, -0.25) is 14.4 Å². The molecule has 11 heteroatoms. The molecule has 0 radical (unpaired) electrons. The Hall–Kier alpha value is -4.84. The molecule has 2 aliphatic heterocycles. The molecule has 4 aromatic rings. The summed E-state index contributed by atoms with van der Waals surface area (Å²) in [6, 6.07) is 31.0. The highest BCUT2D eigenvalue weighted by atomic mass is 28.4. The van der Waals surface area contributed by atoms with Gasteiger partial charge in [0.15, 0.2) is 5.60 Å². The van der Waals surface area contributed by atoms with Crippen molar-refractivity contribution >= 4 is 37.5 Å². The van der Waals surface area contributed by atoms with Crippen molar-refractivity contribution in [3.8, 4) is 5.75 Å². The minimum atomic E-state index is -3.50. The molecule has 2 N–H and O–H groups in total. The summed E-state index contributed by atoms with van der Waals surface area (Å²) in [6.45, 7) is 5.47. The zero-order valence-electron chi connectivity index (χ0n) is 29.3. The highest BCUT2D eigenvalue weighted by Gasteiger charge is 2.67. The van der Waals surface area contributed by atoms with Gasteiger partial charge in [-0.25, -0.2) is 0 Å². The minimum absolute atomic E-state index is 0.116. The molecule has 51 heavy (non-hydrogen) atoms. The number of nitrogens with one attached hydrogen (secondary N) is 1. The first-order chi connectivity index (χ1) is 24.5. The topological polar surface area (TPSA) is 108 Å². The molecule has 4 atom stereocenters. The SMILES string of the molecule is COc1ccc(C(=O)Nc2cccc(CN3C(=O)[C@]4(O[C@H](CC(=O)N(CCO)Cc5ccccc5)[C@@H]([Si](C)(C)F)[C@@H]4C)c4ccccc43)c2)cc1. The molecule has 9 nitrogen and oxygen atoms in total. The van der Waals surface area contributed by atoms with Gasteiger partial charge in [0, 0.05) is 41.4 Å². The van der Waals surface area contributed by atoms with Crippen LogP contribution in [0.25, 0.3) is 0 Å². The Morgan fingerprint density at radius 3 is 2.35 bits per heavy atom. The summed E-state index contributed by atoms with van der Waals surface area (Å²) in [7, 11) is -1.94. The molecule has 1 saturated heterocycles. The first-order valence-electron chi connectivity index (χ1n) is 17.2. The lowest BCUT2D eigenvalue weighted by atomic mass is 9.82. The number of nitrogens with zero attached hydrogens (tertiary/aromatic N) is 2. The van der Waals surface area contributed by atoms with Crippen LogP contribution in [0.3, 0.4) is 0 Å². The lowest BCUT2D eigenvalue weighted by Gasteiger charge is -2.31. The molecular weight excluding hydrogens is 666 g/mol. The van der Waals surface area contributed by atoms with Gasteiger partial charge in [0.1, 0.15) is 5.75 Å². The average Bonchev–Trinajstić information content (AvgIpc) is 3.54. The number of amides is 3. The van der Waals surface area contributed by atoms with Crippen LogP contribution < -0.4 is 15.0 Å². The van der Waals surface area contributed by atoms with Crippen LogP contribution in [0.1, 0.15) is 40.4 Å². The number of para-hydroxylation sites is 1. The first-order valence-corrected chi connectivity index (χ1v) is 20.2. The van der Waals surface area contributed by atoms with Crippen molar-refractivity contribution in [1.82, 2.24) is 4.90 Å². The number of anilines is 2. The van der Waals surface area contributed by atoms with Gasteiger partial charge in [0.05, 0.1) is 38.5 Å². The van der Waals surface area contributed by atoms with Gasteiger partial charge in [0.25, 0.3) is 11.8 Å². The second-order valence-electron chi connectivity index (χ2n) is 13.8. The number of benzene rings is 4. The van der Waals surface area contributed by atoms with E-state index in [1.165, 1.54) is 0 Å². The van der Waals surface area contributed by atoms with Crippen LogP contribution in [0.4, 0.5) is 15.5 Å². The van der Waals surface area contributed by atoms with E-state index in [4.69, 9.17) is 9.47 Å². The molecule has 0 saturated carbocycles. The third kappa shape index (κ3) is 7.19. The number of methoxy groups -OCH3 is 1. The molecule has 6 rings (SSSR count). The Bertz CT molecular complexity index is 1890. The van der Waals surface area contributed by atoms with Gasteiger partial charge in [-0.1, -0.05) is 67.6 Å². The maximum absolute atomic E-state index is 16.4. The maximum atomic E-state index is 16.4. The van der Waals surface area contributed by atoms with Crippen molar-refractivity contribution in [3.63, 3.8) is 0 Å². The minimum Gasteiger partial charge on any atom is -0.497 e. The molecule has 0 unspecified atom stereocenters. The molecule has 2 heterocycles. The number of hydrogen-bond acceptors (Lipinski definition) is 6. The fourth-order valence-corrected chi connectivity index (χ4v) is 10.2. The smallest absolute Gasteiger partial charge is 0.264 e. The van der Waals surface area contributed by atoms with E-state index in [1.54, 1.807) is 60.3 Å². The van der Waals surface area contributed by atoms with Crippen LogP contribution in [-0.4, -0.2) is 62.5 Å². The van der Waals surface area contributed by atoms with E-state index in [9.17, 15) is 19.5 Å². The Morgan fingerprint density at radius 2 is 1.67 bits per heavy atom. The number of ether oxygens (including phenoxy) is 2. The van der Waals surface area contributed by atoms with Crippen LogP contribution >= 0.6 is 0 Å². The number of carbonyl (C=O) groups is 3. The summed E-state index contributed by atoms with van der Waals surface area (Å²) in [5.41, 5.74) is 1.91. The molecule has 1 fully saturated rings. The summed E-state index contributed by atoms with van der Waals surface area (Å²) in [5.74, 6) is -0.768. The van der Waals surface area contributed by atoms with Gasteiger partial charge in [-0.2, -0.15) is 0 Å². The lowest BCUT2D eigenvalue weighted by Crippen LogP contribution is -2.45. The predicted octanol–water partition coefficient (Wildman–Crippen LogP) is 6.68. The number of rotatable bonds is 12. The molecule has 0 aliphatic carbocycles. The molecule has 266 valence electrons. The zero-order chi connectivity index (χ0) is 36.3. The number of hydrogen-bond donors (Lipinski definition) is 2. The third-order valence-corrected chi connectivity index (χ3v) is 12.5. The van der Waals surface area contributed by atoms with Crippen LogP contribution in [0.5, 0.6) is 5.75 Å². The molecule has 4 aromatic carbocycles. The number of aliphatic hydroxyl groups is 1. The fourth-order valence-electron chi connectivity index (χ4n) is 7.75. The van der Waals surface area contributed by atoms with E-state index in [2.05, 4.69) is 5.32 Å². The number of aliphatic hydroxyl groups excluding tert-OH is 1. The number of carbonyl (C=O) groups excluding carboxylic acids is 3. The molecular formula is C40H44FN3O6Si. The first kappa shape index (κ1) is 36.0. The van der Waals surface area contributed by atoms with Gasteiger partial charge >= 0.3 is 0 Å². The Labute approximate surface area is 299 Å². The second kappa shape index (κ2) is 14.8. The monoisotopic (exact) mass is 709 g/mol. The van der Waals surface area contributed by atoms with Crippen molar-refractivity contribution in [2.24, 2.45) is 5.92 Å². The van der Waals surface area contributed by atoms with E-state index in [1.807, 2.05) is 79.7 Å². The van der Waals surface area contributed by atoms with E-state index in [0.717, 1.165) is 11.1 Å². The Balaban J connectivity index is 1.26. The number of fused-ring (bicyclic) bond motifs is 2. The van der Waals surface area contributed by atoms with Crippen molar-refractivity contribution in [3.05, 3.63) is 125 Å². The van der Waals surface area contributed by atoms with E-state index in [-0.39, 0.29) is 43.8 Å². The van der Waals surface area contributed by atoms with Crippen molar-refractivity contribution in [1.29, 1.82) is 0 Å². The molecule has 1 spiro atoms. The highest BCUT2D eigenvalue weighted by Crippen LogP contribution is 2.60. The summed E-state index contributed by atoms with van der Waals surface area (Å²) >= 11 is 0. The van der Waals surface area contributed by atoms with Crippen LogP contribution in [0.15, 0.2) is 103 Å². The van der Waals surface area contributed by atoms with Crippen LogP contribution in [-0.2, 0) is 33.0 Å². The van der Waals surface area contributed by atoms with Crippen molar-refractivity contribution < 1.29 is 33.1 Å². The van der Waals surface area contributed by atoms with E-state index >= 15 is 4.11 Å². The molecule has 2 aliphatic rings. The third-order valence-electron chi connectivity index (χ3n) is 10.1. The van der Waals surface area contributed by atoms with Crippen LogP contribution in [0, 0.1) is 5.92 Å². The number of halogens is 1. The van der Waals surface area contributed by atoms with Crippen LogP contribution in [0.2, 0.25) is 18.6 Å². The quantitative estimate of drug-likeness (QED) is 0.126. The average molecular weight is 710 g/mol. The largest absolute Gasteiger partial charge is 0.497 e. The summed E-state index contributed by atoms with van der Waals surface area (Å²) in [4.78, 5) is 44.8. The summed E-state index contributed by atoms with van der Waals surface area (Å²) in [5, 5.41) is 12.7. The van der Waals surface area contributed by atoms with Gasteiger partial charge < -0.3 is 33.8 Å². The lowest BCUT2D eigenvalue weighted by molar-refractivity contribution is -0.150. The standard InChI is InChI=1S/C40H44FN3O6Si/c1-27-37(51(3,4)41)35(24-36(46)43(21-22-45)25-28-11-6-5-7-12-28)50-40(27)33-15-8-9-16-34(33)44(39(40)48)26-29-13-10-14-31(23-29)42-38(47)30-17-19-32(49-2)20-18-30/h5-20,23,27,35,37,45H,21-22,24-26H2,1-4H3,(H,42,47)/t27-,35+,37-,40+/m0/s1. The fraction of sp³-hybridized carbons (Fsp3) is 0.325. The van der Waals surface area contributed by atoms with Crippen molar-refractivity contribution in [2.75, 3.05) is 30.5 Å². The summed E-state index contributed by atoms with van der Waals surface area (Å²) in [6.07, 6.45) is -0.959. The molecule has 0 aromatic heterocycles. The maximum Gasteiger partial charge on any atom is 0.264 e. The molecule has 3 amide bonds. The van der Waals surface area contributed by atoms with Gasteiger partial charge in [0.2, 0.25) is 14.3 Å². The predicted molar refractivity (Wildman–Crippen MR) is 197 cm³/mol. The zero-order valence-corrected chi connectivity index (χ0v) is 30.3. The highest BCUT2D eigenvalue weighted by molar-refractivity contribution is 6.72. The normalized spacial score (nSPS) is 21.1. The Morgan fingerprint density at radius 1 is 0.980 bits per heavy atom. The van der Waals surface area contributed by atoms with Gasteiger partial charge in [-0.05, 0) is 66.7 Å². The van der Waals surface area contributed by atoms with Crippen molar-refractivity contribution in [2.45, 2.75) is 56.8 Å². The van der Waals surface area contributed by atoms with E-state index < -0.39 is 31.6 Å². The van der Waals surface area contributed by atoms with Gasteiger partial charge in [-0.15, -0.1) is 0 Å². The molecule has 0 bridgehead atoms. The summed E-state index contributed by atoms with van der Waals surface area (Å²) < 4.78 is 28.3. The second-order valence-corrected chi connectivity index (χ2v) is 17.6. The Kier molecular flexibility index (Phi) is 10.4. The van der Waals surface area contributed by atoms with E-state index in [0.29, 0.717) is 34.8 Å².